The van der Waals surface area contributed by atoms with Crippen LogP contribution < -0.4 is 0 Å². The Morgan fingerprint density at radius 3 is 2.42 bits per heavy atom. The van der Waals surface area contributed by atoms with Crippen molar-refractivity contribution in [1.29, 1.82) is 0 Å². The fraction of sp³-hybridized carbons (Fsp3) is 0.381. The molecule has 0 spiro atoms. The second-order valence-electron chi connectivity index (χ2n) is 6.69. The first-order chi connectivity index (χ1) is 12.6. The number of nitrogens with zero attached hydrogens (tertiary/aromatic N) is 2. The molecule has 0 aliphatic carbocycles. The number of hydrogen-bond donors (Lipinski definition) is 0. The number of rotatable bonds is 5. The number of likely N-dealkylation sites (N-methyl/N-ethyl adjacent to an activating group) is 1. The van der Waals surface area contributed by atoms with Gasteiger partial charge in [-0.15, -0.1) is 11.8 Å². The smallest absolute Gasteiger partial charge is 0.232 e. The van der Waals surface area contributed by atoms with Crippen LogP contribution in [0.4, 0.5) is 0 Å². The van der Waals surface area contributed by atoms with Gasteiger partial charge >= 0.3 is 0 Å². The highest BCUT2D eigenvalue weighted by Gasteiger charge is 2.21. The van der Waals surface area contributed by atoms with E-state index in [1.54, 1.807) is 11.8 Å². The van der Waals surface area contributed by atoms with Crippen LogP contribution in [0.25, 0.3) is 0 Å². The van der Waals surface area contributed by atoms with Crippen molar-refractivity contribution in [3.63, 3.8) is 0 Å². The lowest BCUT2D eigenvalue weighted by molar-refractivity contribution is -0.128. The van der Waals surface area contributed by atoms with Crippen LogP contribution in [0.1, 0.15) is 22.8 Å². The summed E-state index contributed by atoms with van der Waals surface area (Å²) in [6, 6.07) is 18.3. The van der Waals surface area contributed by atoms with Crippen LogP contribution in [0, 0.1) is 0 Å². The number of hydrogen-bond acceptors (Lipinski definition) is 3. The van der Waals surface area contributed by atoms with E-state index in [-0.39, 0.29) is 11.2 Å². The van der Waals surface area contributed by atoms with Crippen molar-refractivity contribution in [2.75, 3.05) is 39.0 Å². The monoisotopic (exact) mass is 388 g/mol. The van der Waals surface area contributed by atoms with Crippen molar-refractivity contribution >= 4 is 29.3 Å². The molecule has 1 amide bonds. The standard InChI is InChI=1S/C21H25ClN2OS/c1-23-12-5-13-24(15-14-23)20(25)16-26-21(17-6-3-2-4-7-17)18-8-10-19(22)11-9-18/h2-4,6-11,21H,5,12-16H2,1H3. The summed E-state index contributed by atoms with van der Waals surface area (Å²) in [6.45, 7) is 3.71. The minimum Gasteiger partial charge on any atom is -0.341 e. The normalized spacial score (nSPS) is 16.9. The zero-order valence-corrected chi connectivity index (χ0v) is 16.7. The third kappa shape index (κ3) is 5.26. The fourth-order valence-corrected chi connectivity index (χ4v) is 4.51. The van der Waals surface area contributed by atoms with Crippen molar-refractivity contribution in [3.05, 3.63) is 70.7 Å². The Balaban J connectivity index is 1.70. The lowest BCUT2D eigenvalue weighted by Crippen LogP contribution is -2.35. The highest BCUT2D eigenvalue weighted by Crippen LogP contribution is 2.36. The van der Waals surface area contributed by atoms with Gasteiger partial charge < -0.3 is 9.80 Å². The van der Waals surface area contributed by atoms with Gasteiger partial charge in [0.15, 0.2) is 0 Å². The summed E-state index contributed by atoms with van der Waals surface area (Å²) in [4.78, 5) is 17.1. The average molecular weight is 389 g/mol. The van der Waals surface area contributed by atoms with Crippen molar-refractivity contribution in [1.82, 2.24) is 9.80 Å². The van der Waals surface area contributed by atoms with Gasteiger partial charge in [0.05, 0.1) is 11.0 Å². The lowest BCUT2D eigenvalue weighted by atomic mass is 10.0. The van der Waals surface area contributed by atoms with Gasteiger partial charge in [-0.1, -0.05) is 54.1 Å². The van der Waals surface area contributed by atoms with Gasteiger partial charge in [-0.3, -0.25) is 4.79 Å². The van der Waals surface area contributed by atoms with Crippen LogP contribution in [0.2, 0.25) is 5.02 Å². The van der Waals surface area contributed by atoms with Gasteiger partial charge in [-0.05, 0) is 43.3 Å². The molecule has 1 saturated heterocycles. The summed E-state index contributed by atoms with van der Waals surface area (Å²) in [7, 11) is 2.12. The summed E-state index contributed by atoms with van der Waals surface area (Å²) in [5.41, 5.74) is 2.39. The first-order valence-electron chi connectivity index (χ1n) is 9.02. The highest BCUT2D eigenvalue weighted by molar-refractivity contribution is 8.00. The summed E-state index contributed by atoms with van der Waals surface area (Å²) in [6.07, 6.45) is 1.05. The van der Waals surface area contributed by atoms with Crippen LogP contribution in [-0.2, 0) is 4.79 Å². The quantitative estimate of drug-likeness (QED) is 0.761. The molecule has 1 atom stereocenters. The van der Waals surface area contributed by atoms with E-state index in [0.717, 1.165) is 37.6 Å². The average Bonchev–Trinajstić information content (AvgIpc) is 2.88. The third-order valence-electron chi connectivity index (χ3n) is 4.72. The van der Waals surface area contributed by atoms with E-state index in [2.05, 4.69) is 36.2 Å². The van der Waals surface area contributed by atoms with Crippen LogP contribution in [-0.4, -0.2) is 54.7 Å². The fourth-order valence-electron chi connectivity index (χ4n) is 3.19. The summed E-state index contributed by atoms with van der Waals surface area (Å²) < 4.78 is 0. The maximum absolute atomic E-state index is 12.7. The Hall–Kier alpha value is -1.49. The first kappa shape index (κ1) is 19.3. The molecule has 0 aromatic heterocycles. The second kappa shape index (κ2) is 9.45. The third-order valence-corrected chi connectivity index (χ3v) is 6.26. The summed E-state index contributed by atoms with van der Waals surface area (Å²) >= 11 is 7.74. The van der Waals surface area contributed by atoms with E-state index in [9.17, 15) is 4.79 Å². The van der Waals surface area contributed by atoms with Gasteiger partial charge in [0.25, 0.3) is 0 Å². The van der Waals surface area contributed by atoms with E-state index in [4.69, 9.17) is 11.6 Å². The molecule has 5 heteroatoms. The zero-order valence-electron chi connectivity index (χ0n) is 15.1. The molecule has 1 fully saturated rings. The van der Waals surface area contributed by atoms with Crippen LogP contribution in [0.15, 0.2) is 54.6 Å². The number of benzene rings is 2. The van der Waals surface area contributed by atoms with Gasteiger partial charge in [-0.2, -0.15) is 0 Å². The number of amides is 1. The SMILES string of the molecule is CN1CCCN(C(=O)CSC(c2ccccc2)c2ccc(Cl)cc2)CC1. The predicted molar refractivity (Wildman–Crippen MR) is 111 cm³/mol. The van der Waals surface area contributed by atoms with Crippen molar-refractivity contribution in [3.8, 4) is 0 Å². The first-order valence-corrected chi connectivity index (χ1v) is 10.4. The number of carbonyl (C=O) groups is 1. The molecule has 26 heavy (non-hydrogen) atoms. The molecule has 2 aromatic rings. The highest BCUT2D eigenvalue weighted by atomic mass is 35.5. The van der Waals surface area contributed by atoms with Gasteiger partial charge in [0, 0.05) is 24.7 Å². The van der Waals surface area contributed by atoms with Crippen molar-refractivity contribution < 1.29 is 4.79 Å². The van der Waals surface area contributed by atoms with E-state index in [1.165, 1.54) is 11.1 Å². The maximum atomic E-state index is 12.7. The second-order valence-corrected chi connectivity index (χ2v) is 8.22. The lowest BCUT2D eigenvalue weighted by Gasteiger charge is -2.23. The van der Waals surface area contributed by atoms with Gasteiger partial charge in [0.2, 0.25) is 5.91 Å². The van der Waals surface area contributed by atoms with E-state index < -0.39 is 0 Å². The predicted octanol–water partition coefficient (Wildman–Crippen LogP) is 4.33. The molecule has 0 saturated carbocycles. The molecular weight excluding hydrogens is 364 g/mol. The molecule has 3 rings (SSSR count). The molecule has 2 aromatic carbocycles. The van der Waals surface area contributed by atoms with E-state index >= 15 is 0 Å². The zero-order chi connectivity index (χ0) is 18.4. The number of halogens is 1. The van der Waals surface area contributed by atoms with Crippen molar-refractivity contribution in [2.45, 2.75) is 11.7 Å². The Kier molecular flexibility index (Phi) is 7.00. The van der Waals surface area contributed by atoms with E-state index in [0.29, 0.717) is 5.75 Å². The molecule has 0 N–H and O–H groups in total. The van der Waals surface area contributed by atoms with E-state index in [1.807, 2.05) is 35.2 Å². The van der Waals surface area contributed by atoms with Crippen LogP contribution in [0.3, 0.4) is 0 Å². The molecule has 138 valence electrons. The van der Waals surface area contributed by atoms with Gasteiger partial charge in [0.1, 0.15) is 0 Å². The molecule has 0 radical (unpaired) electrons. The Morgan fingerprint density at radius 2 is 1.69 bits per heavy atom. The number of thioether (sulfide) groups is 1. The molecule has 1 aliphatic rings. The minimum absolute atomic E-state index is 0.132. The topological polar surface area (TPSA) is 23.6 Å². The molecule has 1 aliphatic heterocycles. The summed E-state index contributed by atoms with van der Waals surface area (Å²) in [5, 5.41) is 0.863. The summed E-state index contributed by atoms with van der Waals surface area (Å²) in [5.74, 6) is 0.728. The molecule has 3 nitrogen and oxygen atoms in total. The largest absolute Gasteiger partial charge is 0.341 e. The minimum atomic E-state index is 0.132. The molecule has 1 heterocycles. The molecule has 0 bridgehead atoms. The van der Waals surface area contributed by atoms with Crippen LogP contribution in [0.5, 0.6) is 0 Å². The van der Waals surface area contributed by atoms with Crippen molar-refractivity contribution in [2.24, 2.45) is 0 Å². The molecular formula is C21H25ClN2OS. The van der Waals surface area contributed by atoms with Crippen LogP contribution >= 0.6 is 23.4 Å². The molecule has 1 unspecified atom stereocenters. The van der Waals surface area contributed by atoms with Gasteiger partial charge in [-0.25, -0.2) is 0 Å². The Morgan fingerprint density at radius 1 is 1.00 bits per heavy atom. The Bertz CT molecular complexity index is 708. The number of carbonyl (C=O) groups excluding carboxylic acids is 1. The Labute approximate surface area is 165 Å². The maximum Gasteiger partial charge on any atom is 0.232 e.